The zero-order valence-electron chi connectivity index (χ0n) is 7.39. The van der Waals surface area contributed by atoms with Crippen LogP contribution in [0.4, 0.5) is 0 Å². The Hall–Kier alpha value is -0.560. The van der Waals surface area contributed by atoms with Crippen LogP contribution in [-0.2, 0) is 0 Å². The van der Waals surface area contributed by atoms with E-state index >= 15 is 0 Å². The van der Waals surface area contributed by atoms with Crippen molar-refractivity contribution in [1.29, 1.82) is 0 Å². The van der Waals surface area contributed by atoms with Gasteiger partial charge >= 0.3 is 0 Å². The Morgan fingerprint density at radius 3 is 2.40 bits per heavy atom. The van der Waals surface area contributed by atoms with Crippen LogP contribution in [0.15, 0.2) is 23.8 Å². The Labute approximate surface area is 64.0 Å². The summed E-state index contributed by atoms with van der Waals surface area (Å²) in [5.41, 5.74) is 1.39. The van der Waals surface area contributed by atoms with Gasteiger partial charge in [0.2, 0.25) is 0 Å². The van der Waals surface area contributed by atoms with Gasteiger partial charge in [-0.3, -0.25) is 0 Å². The molecule has 1 nitrogen and oxygen atoms in total. The van der Waals surface area contributed by atoms with Crippen molar-refractivity contribution >= 4 is 0 Å². The molecule has 0 aliphatic rings. The minimum absolute atomic E-state index is 1.05. The van der Waals surface area contributed by atoms with Gasteiger partial charge in [-0.2, -0.15) is 0 Å². The summed E-state index contributed by atoms with van der Waals surface area (Å²) in [4.78, 5) is 2.16. The number of allylic oxidation sites excluding steroid dienone is 3. The highest BCUT2D eigenvalue weighted by Gasteiger charge is 1.88. The fourth-order valence-electron chi connectivity index (χ4n) is 0.812. The Kier molecular flexibility index (Phi) is 4.95. The minimum Gasteiger partial charge on any atom is -0.305 e. The highest BCUT2D eigenvalue weighted by atomic mass is 15.0. The van der Waals surface area contributed by atoms with E-state index in [0.717, 1.165) is 6.54 Å². The van der Waals surface area contributed by atoms with Crippen molar-refractivity contribution in [2.24, 2.45) is 0 Å². The van der Waals surface area contributed by atoms with Crippen molar-refractivity contribution in [1.82, 2.24) is 4.90 Å². The van der Waals surface area contributed by atoms with Gasteiger partial charge < -0.3 is 4.90 Å². The molecule has 0 heterocycles. The number of likely N-dealkylation sites (N-methyl/N-ethyl adjacent to an activating group) is 1. The number of nitrogens with zero attached hydrogens (tertiary/aromatic N) is 1. The van der Waals surface area contributed by atoms with Crippen molar-refractivity contribution in [3.05, 3.63) is 23.8 Å². The molecule has 0 aromatic rings. The van der Waals surface area contributed by atoms with E-state index in [1.54, 1.807) is 0 Å². The molecule has 10 heavy (non-hydrogen) atoms. The Morgan fingerprint density at radius 1 is 1.40 bits per heavy atom. The van der Waals surface area contributed by atoms with E-state index in [4.69, 9.17) is 0 Å². The van der Waals surface area contributed by atoms with Gasteiger partial charge in [0, 0.05) is 6.54 Å². The molecule has 0 aromatic heterocycles. The van der Waals surface area contributed by atoms with Gasteiger partial charge in [-0.05, 0) is 27.9 Å². The average molecular weight is 139 g/mol. The van der Waals surface area contributed by atoms with Gasteiger partial charge in [0.15, 0.2) is 0 Å². The topological polar surface area (TPSA) is 3.24 Å². The second kappa shape index (κ2) is 5.24. The quantitative estimate of drug-likeness (QED) is 0.541. The van der Waals surface area contributed by atoms with E-state index in [-0.39, 0.29) is 0 Å². The first-order valence-corrected chi connectivity index (χ1v) is 3.60. The highest BCUT2D eigenvalue weighted by Crippen LogP contribution is 1.93. The number of hydrogen-bond acceptors (Lipinski definition) is 1. The third-order valence-corrected chi connectivity index (χ3v) is 1.14. The predicted molar refractivity (Wildman–Crippen MR) is 47.1 cm³/mol. The first-order valence-electron chi connectivity index (χ1n) is 3.60. The summed E-state index contributed by atoms with van der Waals surface area (Å²) < 4.78 is 0. The van der Waals surface area contributed by atoms with Crippen molar-refractivity contribution in [2.45, 2.75) is 13.8 Å². The van der Waals surface area contributed by atoms with Crippen LogP contribution in [-0.4, -0.2) is 25.5 Å². The molecular weight excluding hydrogens is 122 g/mol. The lowest BCUT2D eigenvalue weighted by Gasteiger charge is -2.08. The maximum atomic E-state index is 2.16. The summed E-state index contributed by atoms with van der Waals surface area (Å²) in [5.74, 6) is 0. The Balaban J connectivity index is 3.71. The van der Waals surface area contributed by atoms with E-state index in [0.29, 0.717) is 0 Å². The lowest BCUT2D eigenvalue weighted by Crippen LogP contribution is -2.13. The summed E-state index contributed by atoms with van der Waals surface area (Å²) in [6, 6.07) is 0. The monoisotopic (exact) mass is 139 g/mol. The highest BCUT2D eigenvalue weighted by molar-refractivity contribution is 5.10. The van der Waals surface area contributed by atoms with Crippen LogP contribution in [0.3, 0.4) is 0 Å². The second-order valence-corrected chi connectivity index (χ2v) is 2.78. The van der Waals surface area contributed by atoms with Crippen molar-refractivity contribution in [3.63, 3.8) is 0 Å². The molecule has 0 N–H and O–H groups in total. The summed E-state index contributed by atoms with van der Waals surface area (Å²) in [5, 5.41) is 0. The third-order valence-electron chi connectivity index (χ3n) is 1.14. The molecule has 0 amide bonds. The van der Waals surface area contributed by atoms with Gasteiger partial charge in [-0.25, -0.2) is 0 Å². The molecule has 0 spiro atoms. The van der Waals surface area contributed by atoms with Gasteiger partial charge in [-0.1, -0.05) is 23.8 Å². The van der Waals surface area contributed by atoms with Crippen LogP contribution in [0, 0.1) is 0 Å². The van der Waals surface area contributed by atoms with Crippen molar-refractivity contribution in [3.8, 4) is 0 Å². The zero-order chi connectivity index (χ0) is 7.98. The molecule has 0 saturated heterocycles. The first kappa shape index (κ1) is 9.44. The molecule has 0 aromatic carbocycles. The van der Waals surface area contributed by atoms with Crippen molar-refractivity contribution in [2.75, 3.05) is 20.6 Å². The van der Waals surface area contributed by atoms with E-state index in [1.165, 1.54) is 5.57 Å². The molecule has 0 bridgehead atoms. The fourth-order valence-corrected chi connectivity index (χ4v) is 0.812. The average Bonchev–Trinajstić information content (AvgIpc) is 1.82. The van der Waals surface area contributed by atoms with E-state index in [1.807, 2.05) is 13.0 Å². The molecule has 0 atom stereocenters. The van der Waals surface area contributed by atoms with Gasteiger partial charge in [0.25, 0.3) is 0 Å². The fraction of sp³-hybridized carbons (Fsp3) is 0.556. The van der Waals surface area contributed by atoms with Gasteiger partial charge in [-0.15, -0.1) is 0 Å². The summed E-state index contributed by atoms with van der Waals surface area (Å²) >= 11 is 0. The van der Waals surface area contributed by atoms with Crippen LogP contribution >= 0.6 is 0 Å². The number of hydrogen-bond donors (Lipinski definition) is 0. The molecule has 0 fully saturated rings. The Bertz CT molecular complexity index is 132. The van der Waals surface area contributed by atoms with E-state index in [9.17, 15) is 0 Å². The number of rotatable bonds is 3. The van der Waals surface area contributed by atoms with Crippen LogP contribution in [0.5, 0.6) is 0 Å². The smallest absolute Gasteiger partial charge is 0.0187 e. The van der Waals surface area contributed by atoms with Crippen LogP contribution in [0.2, 0.25) is 0 Å². The lowest BCUT2D eigenvalue weighted by molar-refractivity contribution is 0.445. The van der Waals surface area contributed by atoms with E-state index in [2.05, 4.69) is 38.1 Å². The molecular formula is C9H17N. The van der Waals surface area contributed by atoms with Crippen LogP contribution in [0.1, 0.15) is 13.8 Å². The normalized spacial score (nSPS) is 13.5. The predicted octanol–water partition coefficient (Wildman–Crippen LogP) is 2.07. The summed E-state index contributed by atoms with van der Waals surface area (Å²) in [6.45, 7) is 5.21. The molecule has 0 unspecified atom stereocenters. The molecule has 1 heteroatoms. The van der Waals surface area contributed by atoms with Crippen molar-refractivity contribution < 1.29 is 0 Å². The van der Waals surface area contributed by atoms with Crippen LogP contribution < -0.4 is 0 Å². The van der Waals surface area contributed by atoms with Gasteiger partial charge in [0.1, 0.15) is 0 Å². The maximum absolute atomic E-state index is 2.16. The largest absolute Gasteiger partial charge is 0.305 e. The van der Waals surface area contributed by atoms with E-state index < -0.39 is 0 Å². The first-order chi connectivity index (χ1) is 4.66. The molecule has 58 valence electrons. The Morgan fingerprint density at radius 2 is 2.00 bits per heavy atom. The minimum atomic E-state index is 1.05. The molecule has 0 saturated carbocycles. The summed E-state index contributed by atoms with van der Waals surface area (Å²) in [7, 11) is 4.15. The van der Waals surface area contributed by atoms with Crippen LogP contribution in [0.25, 0.3) is 0 Å². The molecule has 0 aliphatic carbocycles. The molecule has 0 aliphatic heterocycles. The maximum Gasteiger partial charge on any atom is 0.0187 e. The molecule has 0 radical (unpaired) electrons. The standard InChI is InChI=1S/C9H17N/c1-5-6-7-9(2)8-10(3)4/h5-7H,8H2,1-4H3/b6-5-,9-7+. The van der Waals surface area contributed by atoms with Gasteiger partial charge in [0.05, 0.1) is 0 Å². The second-order valence-electron chi connectivity index (χ2n) is 2.78. The summed E-state index contributed by atoms with van der Waals surface area (Å²) in [6.07, 6.45) is 6.25. The molecule has 0 rings (SSSR count). The zero-order valence-corrected chi connectivity index (χ0v) is 7.39. The lowest BCUT2D eigenvalue weighted by atomic mass is 10.2. The SMILES string of the molecule is C/C=C\C=C(/C)CN(C)C. The third kappa shape index (κ3) is 5.57.